The molecule has 0 saturated heterocycles. The Kier molecular flexibility index (Phi) is 3.63. The molecule has 112 valence electrons. The van der Waals surface area contributed by atoms with Crippen LogP contribution in [0.5, 0.6) is 5.75 Å². The van der Waals surface area contributed by atoms with Gasteiger partial charge in [-0.2, -0.15) is 0 Å². The molecule has 0 aliphatic heterocycles. The Balaban J connectivity index is 2.17. The maximum atomic E-state index is 10.4. The molecule has 3 N–H and O–H groups in total. The SMILES string of the molecule is CN(C)c1ccccc1Cc1c(O)c(N)cc2ccccc12. The number of benzene rings is 3. The summed E-state index contributed by atoms with van der Waals surface area (Å²) in [5.41, 5.74) is 9.60. The van der Waals surface area contributed by atoms with Crippen molar-refractivity contribution in [3.63, 3.8) is 0 Å². The molecule has 3 aromatic rings. The number of nitrogens with zero attached hydrogens (tertiary/aromatic N) is 1. The van der Waals surface area contributed by atoms with E-state index in [1.165, 1.54) is 5.56 Å². The zero-order valence-electron chi connectivity index (χ0n) is 12.9. The highest BCUT2D eigenvalue weighted by molar-refractivity contribution is 5.92. The molecule has 0 heterocycles. The predicted molar refractivity (Wildman–Crippen MR) is 93.6 cm³/mol. The molecule has 0 bridgehead atoms. The zero-order valence-corrected chi connectivity index (χ0v) is 12.9. The van der Waals surface area contributed by atoms with Crippen LogP contribution < -0.4 is 10.6 Å². The third-order valence-electron chi connectivity index (χ3n) is 4.00. The van der Waals surface area contributed by atoms with Crippen LogP contribution >= 0.6 is 0 Å². The number of rotatable bonds is 3. The minimum Gasteiger partial charge on any atom is -0.505 e. The Morgan fingerprint density at radius 2 is 1.68 bits per heavy atom. The number of hydrogen-bond acceptors (Lipinski definition) is 3. The van der Waals surface area contributed by atoms with Crippen molar-refractivity contribution in [2.75, 3.05) is 24.7 Å². The van der Waals surface area contributed by atoms with Crippen molar-refractivity contribution >= 4 is 22.1 Å². The van der Waals surface area contributed by atoms with Crippen molar-refractivity contribution in [2.24, 2.45) is 0 Å². The third-order valence-corrected chi connectivity index (χ3v) is 4.00. The summed E-state index contributed by atoms with van der Waals surface area (Å²) in [6.45, 7) is 0. The van der Waals surface area contributed by atoms with Crippen LogP contribution in [0.2, 0.25) is 0 Å². The van der Waals surface area contributed by atoms with Crippen molar-refractivity contribution in [1.29, 1.82) is 0 Å². The number of para-hydroxylation sites is 1. The van der Waals surface area contributed by atoms with E-state index in [0.29, 0.717) is 12.1 Å². The summed E-state index contributed by atoms with van der Waals surface area (Å²) in [5.74, 6) is 0.187. The smallest absolute Gasteiger partial charge is 0.142 e. The van der Waals surface area contributed by atoms with Crippen LogP contribution in [0.4, 0.5) is 11.4 Å². The molecule has 0 amide bonds. The molecule has 3 nitrogen and oxygen atoms in total. The molecule has 0 unspecified atom stereocenters. The number of fused-ring (bicyclic) bond motifs is 1. The Morgan fingerprint density at radius 3 is 2.45 bits per heavy atom. The first kappa shape index (κ1) is 14.3. The molecular formula is C19H20N2O. The number of anilines is 2. The second kappa shape index (κ2) is 5.60. The monoisotopic (exact) mass is 292 g/mol. The highest BCUT2D eigenvalue weighted by Gasteiger charge is 2.13. The van der Waals surface area contributed by atoms with E-state index >= 15 is 0 Å². The van der Waals surface area contributed by atoms with Gasteiger partial charge in [0.1, 0.15) is 5.75 Å². The quantitative estimate of drug-likeness (QED) is 0.570. The van der Waals surface area contributed by atoms with Gasteiger partial charge in [-0.05, 0) is 28.5 Å². The lowest BCUT2D eigenvalue weighted by atomic mass is 9.95. The number of phenolic OH excluding ortho intramolecular Hbond substituents is 1. The lowest BCUT2D eigenvalue weighted by Crippen LogP contribution is -2.11. The second-order valence-corrected chi connectivity index (χ2v) is 5.71. The van der Waals surface area contributed by atoms with Crippen molar-refractivity contribution in [1.82, 2.24) is 0 Å². The minimum atomic E-state index is 0.187. The molecule has 0 aliphatic carbocycles. The van der Waals surface area contributed by atoms with Gasteiger partial charge in [0, 0.05) is 31.8 Å². The summed E-state index contributed by atoms with van der Waals surface area (Å²) in [6, 6.07) is 18.1. The molecule has 3 aromatic carbocycles. The standard InChI is InChI=1S/C19H20N2O/c1-21(2)18-10-6-4-8-14(18)11-16-15-9-5-3-7-13(15)12-17(20)19(16)22/h3-10,12,22H,11,20H2,1-2H3. The van der Waals surface area contributed by atoms with Crippen LogP contribution in [-0.4, -0.2) is 19.2 Å². The summed E-state index contributed by atoms with van der Waals surface area (Å²) in [5, 5.41) is 12.5. The van der Waals surface area contributed by atoms with E-state index in [1.807, 2.05) is 56.6 Å². The number of nitrogens with two attached hydrogens (primary N) is 1. The average molecular weight is 292 g/mol. The van der Waals surface area contributed by atoms with E-state index in [2.05, 4.69) is 17.0 Å². The van der Waals surface area contributed by atoms with E-state index in [0.717, 1.165) is 22.0 Å². The first-order chi connectivity index (χ1) is 10.6. The zero-order chi connectivity index (χ0) is 15.7. The van der Waals surface area contributed by atoms with Gasteiger partial charge >= 0.3 is 0 Å². The second-order valence-electron chi connectivity index (χ2n) is 5.71. The fourth-order valence-electron chi connectivity index (χ4n) is 2.90. The number of hydrogen-bond donors (Lipinski definition) is 2. The molecular weight excluding hydrogens is 272 g/mol. The Hall–Kier alpha value is -2.68. The molecule has 0 spiro atoms. The highest BCUT2D eigenvalue weighted by Crippen LogP contribution is 2.36. The van der Waals surface area contributed by atoms with Crippen LogP contribution in [0.25, 0.3) is 10.8 Å². The molecule has 0 saturated carbocycles. The fourth-order valence-corrected chi connectivity index (χ4v) is 2.90. The van der Waals surface area contributed by atoms with E-state index in [1.54, 1.807) is 0 Å². The van der Waals surface area contributed by atoms with Gasteiger partial charge in [0.15, 0.2) is 0 Å². The van der Waals surface area contributed by atoms with Crippen LogP contribution in [0.15, 0.2) is 54.6 Å². The minimum absolute atomic E-state index is 0.187. The van der Waals surface area contributed by atoms with Crippen LogP contribution in [0.1, 0.15) is 11.1 Å². The molecule has 3 heteroatoms. The van der Waals surface area contributed by atoms with Crippen LogP contribution in [-0.2, 0) is 6.42 Å². The Labute approximate surface area is 130 Å². The highest BCUT2D eigenvalue weighted by atomic mass is 16.3. The summed E-state index contributed by atoms with van der Waals surface area (Å²) in [6.07, 6.45) is 0.645. The predicted octanol–water partition coefficient (Wildman–Crippen LogP) is 3.78. The molecule has 0 aliphatic rings. The van der Waals surface area contributed by atoms with Gasteiger partial charge < -0.3 is 15.7 Å². The van der Waals surface area contributed by atoms with Crippen molar-refractivity contribution < 1.29 is 5.11 Å². The number of nitrogen functional groups attached to an aromatic ring is 1. The van der Waals surface area contributed by atoms with Gasteiger partial charge in [-0.25, -0.2) is 0 Å². The van der Waals surface area contributed by atoms with E-state index in [4.69, 9.17) is 5.73 Å². The molecule has 0 radical (unpaired) electrons. The summed E-state index contributed by atoms with van der Waals surface area (Å²) >= 11 is 0. The van der Waals surface area contributed by atoms with E-state index in [-0.39, 0.29) is 5.75 Å². The topological polar surface area (TPSA) is 49.5 Å². The first-order valence-electron chi connectivity index (χ1n) is 7.32. The third kappa shape index (κ3) is 2.46. The number of aromatic hydroxyl groups is 1. The largest absolute Gasteiger partial charge is 0.505 e. The van der Waals surface area contributed by atoms with Crippen molar-refractivity contribution in [2.45, 2.75) is 6.42 Å². The molecule has 22 heavy (non-hydrogen) atoms. The van der Waals surface area contributed by atoms with Gasteiger partial charge in [-0.1, -0.05) is 42.5 Å². The van der Waals surface area contributed by atoms with E-state index < -0.39 is 0 Å². The lowest BCUT2D eigenvalue weighted by molar-refractivity contribution is 0.473. The average Bonchev–Trinajstić information content (AvgIpc) is 2.52. The molecule has 0 aromatic heterocycles. The van der Waals surface area contributed by atoms with Crippen LogP contribution in [0, 0.1) is 0 Å². The van der Waals surface area contributed by atoms with Crippen molar-refractivity contribution in [3.05, 3.63) is 65.7 Å². The summed E-state index contributed by atoms with van der Waals surface area (Å²) in [4.78, 5) is 2.08. The first-order valence-corrected chi connectivity index (χ1v) is 7.32. The Bertz CT molecular complexity index is 825. The van der Waals surface area contributed by atoms with Gasteiger partial charge in [-0.3, -0.25) is 0 Å². The maximum Gasteiger partial charge on any atom is 0.142 e. The Morgan fingerprint density at radius 1 is 1.00 bits per heavy atom. The molecule has 0 fully saturated rings. The molecule has 3 rings (SSSR count). The number of phenols is 1. The maximum absolute atomic E-state index is 10.4. The van der Waals surface area contributed by atoms with Gasteiger partial charge in [0.25, 0.3) is 0 Å². The van der Waals surface area contributed by atoms with Gasteiger partial charge in [-0.15, -0.1) is 0 Å². The van der Waals surface area contributed by atoms with Crippen LogP contribution in [0.3, 0.4) is 0 Å². The van der Waals surface area contributed by atoms with Gasteiger partial charge in [0.05, 0.1) is 5.69 Å². The van der Waals surface area contributed by atoms with Crippen molar-refractivity contribution in [3.8, 4) is 5.75 Å². The summed E-state index contributed by atoms with van der Waals surface area (Å²) in [7, 11) is 4.05. The fraction of sp³-hybridized carbons (Fsp3) is 0.158. The van der Waals surface area contributed by atoms with Gasteiger partial charge in [0.2, 0.25) is 0 Å². The lowest BCUT2D eigenvalue weighted by Gasteiger charge is -2.19. The summed E-state index contributed by atoms with van der Waals surface area (Å²) < 4.78 is 0. The normalized spacial score (nSPS) is 10.8. The molecule has 0 atom stereocenters. The van der Waals surface area contributed by atoms with E-state index in [9.17, 15) is 5.11 Å².